The molecular formula is C10H10BrNO. The fourth-order valence-corrected chi connectivity index (χ4v) is 1.69. The molecule has 0 saturated carbocycles. The minimum Gasteiger partial charge on any atom is -0.495 e. The van der Waals surface area contributed by atoms with Gasteiger partial charge in [0.05, 0.1) is 12.7 Å². The van der Waals surface area contributed by atoms with Gasteiger partial charge in [-0.1, -0.05) is 22.9 Å². The van der Waals surface area contributed by atoms with Crippen LogP contribution in [0.3, 0.4) is 0 Å². The summed E-state index contributed by atoms with van der Waals surface area (Å²) in [6.07, 6.45) is 0.832. The first-order valence-electron chi connectivity index (χ1n) is 3.99. The number of rotatable bonds is 2. The van der Waals surface area contributed by atoms with E-state index in [4.69, 9.17) is 10.00 Å². The van der Waals surface area contributed by atoms with Gasteiger partial charge in [0.2, 0.25) is 0 Å². The number of nitrogens with zero attached hydrogens (tertiary/aromatic N) is 1. The van der Waals surface area contributed by atoms with E-state index in [2.05, 4.69) is 22.0 Å². The van der Waals surface area contributed by atoms with Crippen LogP contribution in [0.2, 0.25) is 0 Å². The molecule has 13 heavy (non-hydrogen) atoms. The van der Waals surface area contributed by atoms with Crippen molar-refractivity contribution in [2.75, 3.05) is 7.11 Å². The molecule has 0 spiro atoms. The van der Waals surface area contributed by atoms with Crippen molar-refractivity contribution >= 4 is 15.9 Å². The van der Waals surface area contributed by atoms with Gasteiger partial charge in [0, 0.05) is 4.47 Å². The quantitative estimate of drug-likeness (QED) is 0.796. The second-order valence-corrected chi connectivity index (χ2v) is 3.52. The van der Waals surface area contributed by atoms with Crippen molar-refractivity contribution in [2.24, 2.45) is 0 Å². The zero-order chi connectivity index (χ0) is 9.84. The molecule has 0 aromatic heterocycles. The Morgan fingerprint density at radius 2 is 2.23 bits per heavy atom. The molecular weight excluding hydrogens is 230 g/mol. The molecule has 3 heteroatoms. The summed E-state index contributed by atoms with van der Waals surface area (Å²) in [5, 5.41) is 8.91. The number of ether oxygens (including phenoxy) is 1. The van der Waals surface area contributed by atoms with Crippen LogP contribution < -0.4 is 4.74 Å². The highest BCUT2D eigenvalue weighted by Crippen LogP contribution is 2.27. The molecule has 0 amide bonds. The first kappa shape index (κ1) is 10.1. The van der Waals surface area contributed by atoms with Crippen molar-refractivity contribution in [1.29, 1.82) is 5.26 Å². The van der Waals surface area contributed by atoms with E-state index < -0.39 is 0 Å². The zero-order valence-electron chi connectivity index (χ0n) is 7.60. The molecule has 0 bridgehead atoms. The highest BCUT2D eigenvalue weighted by molar-refractivity contribution is 9.10. The van der Waals surface area contributed by atoms with Crippen LogP contribution in [-0.2, 0) is 6.42 Å². The molecule has 0 fully saturated rings. The van der Waals surface area contributed by atoms with Crippen LogP contribution in [0.5, 0.6) is 5.75 Å². The van der Waals surface area contributed by atoms with Gasteiger partial charge in [-0.05, 0) is 24.1 Å². The standard InChI is InChI=1S/C10H10BrNO/c1-3-7-4-8(11)5-10(13-2)9(7)6-12/h4-5H,3H2,1-2H3. The molecule has 0 aliphatic rings. The van der Waals surface area contributed by atoms with Crippen LogP contribution in [0.1, 0.15) is 18.1 Å². The van der Waals surface area contributed by atoms with Gasteiger partial charge in [0.25, 0.3) is 0 Å². The Hall–Kier alpha value is -1.01. The maximum absolute atomic E-state index is 8.91. The van der Waals surface area contributed by atoms with Gasteiger partial charge in [-0.25, -0.2) is 0 Å². The van der Waals surface area contributed by atoms with E-state index in [1.54, 1.807) is 13.2 Å². The average Bonchev–Trinajstić information content (AvgIpc) is 2.16. The van der Waals surface area contributed by atoms with Crippen LogP contribution in [-0.4, -0.2) is 7.11 Å². The lowest BCUT2D eigenvalue weighted by Gasteiger charge is -2.07. The topological polar surface area (TPSA) is 33.0 Å². The summed E-state index contributed by atoms with van der Waals surface area (Å²) in [7, 11) is 1.57. The van der Waals surface area contributed by atoms with Gasteiger partial charge in [0.1, 0.15) is 11.8 Å². The third-order valence-corrected chi connectivity index (χ3v) is 2.32. The molecule has 68 valence electrons. The molecule has 1 aromatic carbocycles. The fraction of sp³-hybridized carbons (Fsp3) is 0.300. The zero-order valence-corrected chi connectivity index (χ0v) is 9.18. The Kier molecular flexibility index (Phi) is 3.32. The molecule has 0 saturated heterocycles. The average molecular weight is 240 g/mol. The normalized spacial score (nSPS) is 9.38. The minimum absolute atomic E-state index is 0.633. The van der Waals surface area contributed by atoms with Gasteiger partial charge in [-0.3, -0.25) is 0 Å². The van der Waals surface area contributed by atoms with E-state index in [0.29, 0.717) is 11.3 Å². The second-order valence-electron chi connectivity index (χ2n) is 2.61. The van der Waals surface area contributed by atoms with Crippen molar-refractivity contribution in [3.63, 3.8) is 0 Å². The summed E-state index contributed by atoms with van der Waals surface area (Å²) in [5.41, 5.74) is 1.64. The van der Waals surface area contributed by atoms with Gasteiger partial charge >= 0.3 is 0 Å². The highest BCUT2D eigenvalue weighted by Gasteiger charge is 2.08. The van der Waals surface area contributed by atoms with Gasteiger partial charge < -0.3 is 4.74 Å². The third-order valence-electron chi connectivity index (χ3n) is 1.86. The Bertz CT molecular complexity index is 329. The fourth-order valence-electron chi connectivity index (χ4n) is 1.20. The van der Waals surface area contributed by atoms with Gasteiger partial charge in [0.15, 0.2) is 0 Å². The summed E-state index contributed by atoms with van der Waals surface area (Å²) in [6, 6.07) is 5.90. The van der Waals surface area contributed by atoms with Crippen LogP contribution in [0.15, 0.2) is 16.6 Å². The molecule has 0 aliphatic heterocycles. The summed E-state index contributed by atoms with van der Waals surface area (Å²) in [4.78, 5) is 0. The number of methoxy groups -OCH3 is 1. The second kappa shape index (κ2) is 4.29. The molecule has 2 nitrogen and oxygen atoms in total. The first-order chi connectivity index (χ1) is 6.22. The SMILES string of the molecule is CCc1cc(Br)cc(OC)c1C#N. The number of hydrogen-bond acceptors (Lipinski definition) is 2. The Morgan fingerprint density at radius 1 is 1.54 bits per heavy atom. The van der Waals surface area contributed by atoms with Crippen LogP contribution in [0, 0.1) is 11.3 Å². The Morgan fingerprint density at radius 3 is 2.69 bits per heavy atom. The van der Waals surface area contributed by atoms with E-state index in [-0.39, 0.29) is 0 Å². The van der Waals surface area contributed by atoms with Crippen molar-refractivity contribution < 1.29 is 4.74 Å². The molecule has 1 rings (SSSR count). The number of hydrogen-bond donors (Lipinski definition) is 0. The largest absolute Gasteiger partial charge is 0.495 e. The first-order valence-corrected chi connectivity index (χ1v) is 4.78. The number of halogens is 1. The lowest BCUT2D eigenvalue weighted by atomic mass is 10.1. The smallest absolute Gasteiger partial charge is 0.138 e. The van der Waals surface area contributed by atoms with Gasteiger partial charge in [-0.2, -0.15) is 5.26 Å². The summed E-state index contributed by atoms with van der Waals surface area (Å²) >= 11 is 3.37. The van der Waals surface area contributed by atoms with Crippen LogP contribution in [0.25, 0.3) is 0 Å². The summed E-state index contributed by atoms with van der Waals surface area (Å²) in [6.45, 7) is 2.02. The Balaban J connectivity index is 3.36. The summed E-state index contributed by atoms with van der Waals surface area (Å²) in [5.74, 6) is 0.633. The lowest BCUT2D eigenvalue weighted by molar-refractivity contribution is 0.412. The highest BCUT2D eigenvalue weighted by atomic mass is 79.9. The third kappa shape index (κ3) is 2.02. The van der Waals surface area contributed by atoms with Crippen molar-refractivity contribution in [2.45, 2.75) is 13.3 Å². The maximum Gasteiger partial charge on any atom is 0.138 e. The minimum atomic E-state index is 0.633. The summed E-state index contributed by atoms with van der Waals surface area (Å²) < 4.78 is 6.05. The van der Waals surface area contributed by atoms with E-state index in [1.165, 1.54) is 0 Å². The van der Waals surface area contributed by atoms with E-state index in [1.807, 2.05) is 13.0 Å². The molecule has 0 radical (unpaired) electrons. The monoisotopic (exact) mass is 239 g/mol. The lowest BCUT2D eigenvalue weighted by Crippen LogP contribution is -1.93. The van der Waals surface area contributed by atoms with Crippen molar-refractivity contribution in [3.8, 4) is 11.8 Å². The van der Waals surface area contributed by atoms with E-state index in [0.717, 1.165) is 16.5 Å². The molecule has 0 heterocycles. The maximum atomic E-state index is 8.91. The predicted octanol–water partition coefficient (Wildman–Crippen LogP) is 2.89. The van der Waals surface area contributed by atoms with E-state index >= 15 is 0 Å². The molecule has 0 unspecified atom stereocenters. The van der Waals surface area contributed by atoms with Crippen LogP contribution in [0.4, 0.5) is 0 Å². The number of benzene rings is 1. The molecule has 0 N–H and O–H groups in total. The van der Waals surface area contributed by atoms with Crippen molar-refractivity contribution in [3.05, 3.63) is 27.7 Å². The number of nitriles is 1. The molecule has 0 atom stereocenters. The van der Waals surface area contributed by atoms with Crippen LogP contribution >= 0.6 is 15.9 Å². The molecule has 1 aromatic rings. The Labute approximate surface area is 86.3 Å². The predicted molar refractivity (Wildman–Crippen MR) is 54.8 cm³/mol. The number of aryl methyl sites for hydroxylation is 1. The van der Waals surface area contributed by atoms with Crippen molar-refractivity contribution in [1.82, 2.24) is 0 Å². The van der Waals surface area contributed by atoms with E-state index in [9.17, 15) is 0 Å². The molecule has 0 aliphatic carbocycles. The van der Waals surface area contributed by atoms with Gasteiger partial charge in [-0.15, -0.1) is 0 Å².